The van der Waals surface area contributed by atoms with Crippen molar-refractivity contribution in [3.05, 3.63) is 26.8 Å². The molecule has 0 saturated carbocycles. The number of halogens is 2. The van der Waals surface area contributed by atoms with Gasteiger partial charge in [-0.2, -0.15) is 0 Å². The molecular formula is C12H14ClIN2O2. The first-order valence-corrected chi connectivity index (χ1v) is 6.99. The number of hydrogen-bond acceptors (Lipinski definition) is 3. The Morgan fingerprint density at radius 2 is 2.39 bits per heavy atom. The topological polar surface area (TPSA) is 64.3 Å². The van der Waals surface area contributed by atoms with Gasteiger partial charge in [-0.3, -0.25) is 4.79 Å². The second-order valence-corrected chi connectivity index (χ2v) is 6.27. The van der Waals surface area contributed by atoms with Crippen molar-refractivity contribution in [2.24, 2.45) is 11.1 Å². The molecule has 2 atom stereocenters. The Morgan fingerprint density at radius 1 is 1.67 bits per heavy atom. The minimum atomic E-state index is -0.704. The number of hydrogen-bond donors (Lipinski definition) is 2. The maximum absolute atomic E-state index is 12.3. The molecule has 0 bridgehead atoms. The fraction of sp³-hybridized carbons (Fsp3) is 0.417. The zero-order chi connectivity index (χ0) is 13.3. The number of nitrogens with two attached hydrogens (primary N) is 1. The molecular weight excluding hydrogens is 367 g/mol. The first kappa shape index (κ1) is 14.0. The molecule has 2 unspecified atom stereocenters. The Balaban J connectivity index is 2.19. The summed E-state index contributed by atoms with van der Waals surface area (Å²) in [5.74, 6) is -0.156. The fourth-order valence-corrected chi connectivity index (χ4v) is 2.44. The van der Waals surface area contributed by atoms with Crippen molar-refractivity contribution in [3.63, 3.8) is 0 Å². The molecule has 6 heteroatoms. The lowest BCUT2D eigenvalue weighted by atomic mass is 9.85. The van der Waals surface area contributed by atoms with Gasteiger partial charge in [0.2, 0.25) is 5.91 Å². The highest BCUT2D eigenvalue weighted by molar-refractivity contribution is 14.1. The van der Waals surface area contributed by atoms with Gasteiger partial charge in [-0.25, -0.2) is 0 Å². The van der Waals surface area contributed by atoms with Gasteiger partial charge >= 0.3 is 0 Å². The van der Waals surface area contributed by atoms with E-state index in [1.807, 2.05) is 19.1 Å². The van der Waals surface area contributed by atoms with E-state index in [4.69, 9.17) is 22.1 Å². The Kier molecular flexibility index (Phi) is 4.15. The van der Waals surface area contributed by atoms with Crippen molar-refractivity contribution in [1.82, 2.24) is 0 Å². The summed E-state index contributed by atoms with van der Waals surface area (Å²) < 4.78 is 6.27. The van der Waals surface area contributed by atoms with Gasteiger partial charge in [-0.15, -0.1) is 0 Å². The fourth-order valence-electron chi connectivity index (χ4n) is 1.78. The van der Waals surface area contributed by atoms with Gasteiger partial charge in [-0.1, -0.05) is 11.6 Å². The van der Waals surface area contributed by atoms with Crippen molar-refractivity contribution >= 4 is 45.8 Å². The summed E-state index contributed by atoms with van der Waals surface area (Å²) in [6.07, 6.45) is 0. The molecule has 98 valence electrons. The normalized spacial score (nSPS) is 27.2. The second-order valence-electron chi connectivity index (χ2n) is 4.62. The zero-order valence-electron chi connectivity index (χ0n) is 9.87. The molecule has 0 spiro atoms. The first-order valence-electron chi connectivity index (χ1n) is 5.53. The molecule has 18 heavy (non-hydrogen) atoms. The minimum Gasteiger partial charge on any atom is -0.379 e. The van der Waals surface area contributed by atoms with E-state index in [9.17, 15) is 4.79 Å². The van der Waals surface area contributed by atoms with E-state index in [-0.39, 0.29) is 11.9 Å². The van der Waals surface area contributed by atoms with Crippen molar-refractivity contribution in [1.29, 1.82) is 0 Å². The lowest BCUT2D eigenvalue weighted by Crippen LogP contribution is -2.47. The molecule has 1 saturated heterocycles. The zero-order valence-corrected chi connectivity index (χ0v) is 12.8. The number of carbonyl (C=O) groups is 1. The molecule has 1 amide bonds. The van der Waals surface area contributed by atoms with Crippen LogP contribution in [0.25, 0.3) is 0 Å². The molecule has 1 aliphatic heterocycles. The molecule has 1 aliphatic rings. The minimum absolute atomic E-state index is 0.156. The molecule has 1 aromatic rings. The van der Waals surface area contributed by atoms with Crippen LogP contribution < -0.4 is 11.1 Å². The average molecular weight is 381 g/mol. The van der Waals surface area contributed by atoms with Gasteiger partial charge in [0.05, 0.1) is 29.3 Å². The van der Waals surface area contributed by atoms with E-state index in [2.05, 4.69) is 27.9 Å². The standard InChI is InChI=1S/C12H14ClIN2O2/c1-12(6-18-5-10(12)15)11(17)16-9-4-7(14)2-3-8(9)13/h2-4,10H,5-6,15H2,1H3,(H,16,17). The van der Waals surface area contributed by atoms with Crippen LogP contribution in [0.1, 0.15) is 6.92 Å². The number of anilines is 1. The van der Waals surface area contributed by atoms with Gasteiger partial charge in [0.15, 0.2) is 0 Å². The molecule has 4 nitrogen and oxygen atoms in total. The van der Waals surface area contributed by atoms with Gasteiger partial charge in [-0.05, 0) is 47.7 Å². The summed E-state index contributed by atoms with van der Waals surface area (Å²) >= 11 is 8.21. The SMILES string of the molecule is CC1(C(=O)Nc2cc(I)ccc2Cl)COCC1N. The third-order valence-corrected chi connectivity index (χ3v) is 4.21. The van der Waals surface area contributed by atoms with Crippen LogP contribution in [0.4, 0.5) is 5.69 Å². The Morgan fingerprint density at radius 3 is 3.00 bits per heavy atom. The monoisotopic (exact) mass is 380 g/mol. The van der Waals surface area contributed by atoms with E-state index < -0.39 is 5.41 Å². The van der Waals surface area contributed by atoms with Gasteiger partial charge in [0.25, 0.3) is 0 Å². The van der Waals surface area contributed by atoms with Gasteiger partial charge in [0.1, 0.15) is 0 Å². The van der Waals surface area contributed by atoms with E-state index in [0.717, 1.165) is 3.57 Å². The highest BCUT2D eigenvalue weighted by Crippen LogP contribution is 2.31. The highest BCUT2D eigenvalue weighted by Gasteiger charge is 2.44. The van der Waals surface area contributed by atoms with Crippen LogP contribution in [0.5, 0.6) is 0 Å². The summed E-state index contributed by atoms with van der Waals surface area (Å²) in [7, 11) is 0. The Bertz CT molecular complexity index is 483. The lowest BCUT2D eigenvalue weighted by molar-refractivity contribution is -0.125. The first-order chi connectivity index (χ1) is 8.43. The molecule has 1 fully saturated rings. The molecule has 3 N–H and O–H groups in total. The summed E-state index contributed by atoms with van der Waals surface area (Å²) in [5, 5.41) is 3.34. The van der Waals surface area contributed by atoms with E-state index in [1.54, 1.807) is 6.07 Å². The molecule has 0 aliphatic carbocycles. The van der Waals surface area contributed by atoms with Crippen LogP contribution in [0.2, 0.25) is 5.02 Å². The molecule has 1 aromatic carbocycles. The summed E-state index contributed by atoms with van der Waals surface area (Å²) in [6, 6.07) is 5.17. The summed E-state index contributed by atoms with van der Waals surface area (Å²) in [4.78, 5) is 12.3. The van der Waals surface area contributed by atoms with Crippen LogP contribution in [0.3, 0.4) is 0 Å². The van der Waals surface area contributed by atoms with Crippen LogP contribution in [-0.4, -0.2) is 25.2 Å². The van der Waals surface area contributed by atoms with E-state index in [0.29, 0.717) is 23.9 Å². The average Bonchev–Trinajstić information content (AvgIpc) is 2.66. The van der Waals surface area contributed by atoms with Crippen LogP contribution >= 0.6 is 34.2 Å². The quantitative estimate of drug-likeness (QED) is 0.774. The number of rotatable bonds is 2. The maximum atomic E-state index is 12.3. The van der Waals surface area contributed by atoms with Crippen LogP contribution in [0, 0.1) is 8.99 Å². The number of carbonyl (C=O) groups excluding carboxylic acids is 1. The van der Waals surface area contributed by atoms with E-state index >= 15 is 0 Å². The van der Waals surface area contributed by atoms with Crippen LogP contribution in [-0.2, 0) is 9.53 Å². The predicted octanol–water partition coefficient (Wildman–Crippen LogP) is 2.25. The van der Waals surface area contributed by atoms with Crippen molar-refractivity contribution in [2.75, 3.05) is 18.5 Å². The van der Waals surface area contributed by atoms with Gasteiger partial charge in [0, 0.05) is 9.61 Å². The maximum Gasteiger partial charge on any atom is 0.234 e. The molecule has 1 heterocycles. The van der Waals surface area contributed by atoms with E-state index in [1.165, 1.54) is 0 Å². The summed E-state index contributed by atoms with van der Waals surface area (Å²) in [5.41, 5.74) is 5.82. The number of benzene rings is 1. The van der Waals surface area contributed by atoms with Crippen molar-refractivity contribution in [3.8, 4) is 0 Å². The lowest BCUT2D eigenvalue weighted by Gasteiger charge is -2.25. The molecule has 0 aromatic heterocycles. The number of ether oxygens (including phenoxy) is 1. The second kappa shape index (κ2) is 5.32. The number of amides is 1. The van der Waals surface area contributed by atoms with Crippen molar-refractivity contribution < 1.29 is 9.53 Å². The van der Waals surface area contributed by atoms with Gasteiger partial charge < -0.3 is 15.8 Å². The van der Waals surface area contributed by atoms with Crippen LogP contribution in [0.15, 0.2) is 18.2 Å². The number of nitrogens with one attached hydrogen (secondary N) is 1. The van der Waals surface area contributed by atoms with Crippen molar-refractivity contribution in [2.45, 2.75) is 13.0 Å². The Hall–Kier alpha value is -0.370. The third kappa shape index (κ3) is 2.64. The molecule has 0 radical (unpaired) electrons. The third-order valence-electron chi connectivity index (χ3n) is 3.21. The predicted molar refractivity (Wildman–Crippen MR) is 79.7 cm³/mol. The highest BCUT2D eigenvalue weighted by atomic mass is 127. The Labute approximate surface area is 124 Å². The smallest absolute Gasteiger partial charge is 0.234 e. The summed E-state index contributed by atoms with van der Waals surface area (Å²) in [6.45, 7) is 2.55. The molecule has 2 rings (SSSR count). The largest absolute Gasteiger partial charge is 0.379 e.